The van der Waals surface area contributed by atoms with Crippen molar-refractivity contribution in [2.75, 3.05) is 0 Å². The lowest BCUT2D eigenvalue weighted by molar-refractivity contribution is 1.06. The van der Waals surface area contributed by atoms with Gasteiger partial charge < -0.3 is 13.7 Å². The van der Waals surface area contributed by atoms with Crippen molar-refractivity contribution in [3.05, 3.63) is 161 Å². The molecule has 0 aliphatic carbocycles. The summed E-state index contributed by atoms with van der Waals surface area (Å²) in [7, 11) is 0. The molecule has 0 bridgehead atoms. The summed E-state index contributed by atoms with van der Waals surface area (Å²) in [4.78, 5) is 0. The topological polar surface area (TPSA) is 62.4 Å². The van der Waals surface area contributed by atoms with Gasteiger partial charge in [-0.25, -0.2) is 0 Å². The van der Waals surface area contributed by atoms with Crippen molar-refractivity contribution in [1.29, 1.82) is 10.5 Å². The summed E-state index contributed by atoms with van der Waals surface area (Å²) in [5, 5.41) is 19.1. The van der Waals surface area contributed by atoms with Crippen LogP contribution in [0.5, 0.6) is 0 Å². The summed E-state index contributed by atoms with van der Waals surface area (Å²) < 4.78 is 218. The number of halogens is 1. The van der Waals surface area contributed by atoms with Crippen LogP contribution in [-0.4, -0.2) is 13.7 Å². The molecule has 0 aliphatic heterocycles. The van der Waals surface area contributed by atoms with Crippen LogP contribution in [0.2, 0.25) is 5.02 Å². The highest BCUT2D eigenvalue weighted by Gasteiger charge is 2.31. The number of rotatable bonds is 3. The average molecular weight is 682 g/mol. The van der Waals surface area contributed by atoms with Gasteiger partial charge >= 0.3 is 0 Å². The van der Waals surface area contributed by atoms with E-state index >= 15 is 0 Å². The van der Waals surface area contributed by atoms with Crippen LogP contribution in [0.15, 0.2) is 145 Å². The van der Waals surface area contributed by atoms with Crippen molar-refractivity contribution < 1.29 is 32.9 Å². The maximum Gasteiger partial charge on any atom is 0.104 e. The van der Waals surface area contributed by atoms with E-state index in [2.05, 4.69) is 0 Å². The molecular formula is C44H24ClN5. The molecule has 3 aromatic heterocycles. The van der Waals surface area contributed by atoms with Gasteiger partial charge in [0.25, 0.3) is 0 Å². The van der Waals surface area contributed by atoms with Crippen LogP contribution in [0.25, 0.3) is 82.5 Å². The van der Waals surface area contributed by atoms with Crippen LogP contribution in [0, 0.1) is 22.7 Å². The van der Waals surface area contributed by atoms with Crippen molar-refractivity contribution in [2.45, 2.75) is 0 Å². The predicted octanol–water partition coefficient (Wildman–Crippen LogP) is 11.4. The predicted molar refractivity (Wildman–Crippen MR) is 204 cm³/mol. The van der Waals surface area contributed by atoms with Gasteiger partial charge in [0.05, 0.1) is 93.6 Å². The number of hydrogen-bond donors (Lipinski definition) is 0. The molecule has 0 amide bonds. The summed E-state index contributed by atoms with van der Waals surface area (Å²) >= 11 is 7.42. The number of para-hydroxylation sites is 6. The molecule has 5 nitrogen and oxygen atoms in total. The Morgan fingerprint density at radius 2 is 0.620 bits per heavy atom. The molecule has 0 fully saturated rings. The van der Waals surface area contributed by atoms with Gasteiger partial charge in [0.1, 0.15) is 17.7 Å². The van der Waals surface area contributed by atoms with E-state index < -0.39 is 244 Å². The van der Waals surface area contributed by atoms with Crippen molar-refractivity contribution in [3.8, 4) is 29.2 Å². The monoisotopic (exact) mass is 681 g/mol. The molecule has 0 saturated heterocycles. The Morgan fingerprint density at radius 3 is 0.900 bits per heavy atom. The highest BCUT2D eigenvalue weighted by atomic mass is 35.5. The summed E-state index contributed by atoms with van der Waals surface area (Å²) in [6.07, 6.45) is 0. The summed E-state index contributed by atoms with van der Waals surface area (Å²) in [6, 6.07) is -18.3. The van der Waals surface area contributed by atoms with E-state index in [1.54, 1.807) is 0 Å². The zero-order chi connectivity index (χ0) is 54.4. The van der Waals surface area contributed by atoms with Crippen molar-refractivity contribution in [3.63, 3.8) is 0 Å². The van der Waals surface area contributed by atoms with E-state index in [0.717, 1.165) is 13.7 Å². The molecule has 0 atom stereocenters. The Balaban J connectivity index is 1.68. The van der Waals surface area contributed by atoms with Crippen molar-refractivity contribution in [1.82, 2.24) is 13.7 Å². The Labute approximate surface area is 324 Å². The van der Waals surface area contributed by atoms with Crippen LogP contribution >= 0.6 is 11.6 Å². The average Bonchev–Trinajstić information content (AvgIpc) is 4.05. The number of fused-ring (bicyclic) bond motifs is 9. The van der Waals surface area contributed by atoms with Crippen LogP contribution in [0.3, 0.4) is 0 Å². The fourth-order valence-electron chi connectivity index (χ4n) is 6.47. The molecule has 232 valence electrons. The first kappa shape index (κ1) is 13.3. The minimum absolute atomic E-state index is 0.545. The largest absolute Gasteiger partial charge is 0.306 e. The summed E-state index contributed by atoms with van der Waals surface area (Å²) in [6.45, 7) is 0. The molecule has 10 rings (SSSR count). The molecule has 0 N–H and O–H groups in total. The molecule has 50 heavy (non-hydrogen) atoms. The first-order valence-electron chi connectivity index (χ1n) is 26.4. The van der Waals surface area contributed by atoms with Gasteiger partial charge in [-0.15, -0.1) is 0 Å². The lowest BCUT2D eigenvalue weighted by Gasteiger charge is -2.24. The van der Waals surface area contributed by atoms with Crippen molar-refractivity contribution in [2.24, 2.45) is 0 Å². The van der Waals surface area contributed by atoms with E-state index in [1.165, 1.54) is 0 Å². The number of nitriles is 2. The molecule has 6 heteroatoms. The number of hydrogen-bond acceptors (Lipinski definition) is 2. The Morgan fingerprint density at radius 1 is 0.380 bits per heavy atom. The molecule has 7 aromatic carbocycles. The van der Waals surface area contributed by atoms with Crippen molar-refractivity contribution >= 4 is 77.0 Å². The van der Waals surface area contributed by atoms with Gasteiger partial charge in [-0.2, -0.15) is 10.5 Å². The fraction of sp³-hybridized carbons (Fsp3) is 0. The second-order valence-corrected chi connectivity index (χ2v) is 11.1. The SMILES string of the molecule is [2H]c1c([2H])c([2H])c2c(c1[2H])c1c([2H])c([2H])c([2H])c([2H])c1n2-c1c(Cl)c(C#N)c(-n2c3c([2H])c([2H])c([2H])c([2H])c3c3c([2H])c([2H])c([2H])c([2H])c32)c(-n2c3c([2H])c([2H])c([2H])c([2H])c3c3c([2H])c([2H])c([2H])c([2H])c32)c1C#N. The molecule has 0 unspecified atom stereocenters. The second kappa shape index (κ2) is 10.6. The molecule has 10 aromatic rings. The number of nitrogens with zero attached hydrogens (tertiary/aromatic N) is 5. The zero-order valence-electron chi connectivity index (χ0n) is 48.6. The molecule has 0 radical (unpaired) electrons. The Hall–Kier alpha value is -6.79. The molecule has 0 aliphatic rings. The maximum absolute atomic E-state index is 11.9. The van der Waals surface area contributed by atoms with Gasteiger partial charge in [0.15, 0.2) is 0 Å². The van der Waals surface area contributed by atoms with E-state index in [9.17, 15) is 18.7 Å². The van der Waals surface area contributed by atoms with Crippen LogP contribution in [0.1, 0.15) is 44.0 Å². The third-order valence-electron chi connectivity index (χ3n) is 8.35. The van der Waals surface area contributed by atoms with Gasteiger partial charge in [-0.1, -0.05) is 120 Å². The van der Waals surface area contributed by atoms with Crippen LogP contribution in [0.4, 0.5) is 0 Å². The fourth-order valence-corrected chi connectivity index (χ4v) is 6.78. The third-order valence-corrected chi connectivity index (χ3v) is 8.72. The van der Waals surface area contributed by atoms with Crippen LogP contribution < -0.4 is 0 Å². The van der Waals surface area contributed by atoms with Gasteiger partial charge in [0.2, 0.25) is 0 Å². The maximum atomic E-state index is 11.9. The van der Waals surface area contributed by atoms with E-state index in [4.69, 9.17) is 36.3 Å². The lowest BCUT2D eigenvalue weighted by atomic mass is 10.0. The van der Waals surface area contributed by atoms with E-state index in [-0.39, 0.29) is 0 Å². The lowest BCUT2D eigenvalue weighted by Crippen LogP contribution is -2.13. The van der Waals surface area contributed by atoms with Gasteiger partial charge in [0, 0.05) is 32.3 Å². The highest BCUT2D eigenvalue weighted by Crippen LogP contribution is 2.47. The standard InChI is InChI=1S/C44H24ClN5/c45-41-33(25-46)43(49-37-21-9-3-15-29(37)30-16-4-10-22-38(30)49)44(50-39-23-11-5-17-31(39)32-18-6-12-24-40(32)50)34(26-47)42(41)48-35-19-7-1-13-27(35)28-14-2-8-20-36(28)48/h1-24H/i1D,2D,3D,4D,5D,6D,7D,8D,9D,10D,11D,12D,13D,14D,15D,16D,17D,18D,19D,20D,21D,22D,23D,24D. The van der Waals surface area contributed by atoms with E-state index in [0.29, 0.717) is 0 Å². The normalized spacial score (nSPS) is 18.4. The minimum Gasteiger partial charge on any atom is -0.306 e. The van der Waals surface area contributed by atoms with Gasteiger partial charge in [-0.3, -0.25) is 0 Å². The number of benzene rings is 7. The van der Waals surface area contributed by atoms with Gasteiger partial charge in [-0.05, 0) is 36.3 Å². The smallest absolute Gasteiger partial charge is 0.104 e. The first-order chi connectivity index (χ1) is 34.7. The molecule has 3 heterocycles. The quantitative estimate of drug-likeness (QED) is 0.186. The molecule has 0 saturated carbocycles. The molecular weight excluding hydrogens is 634 g/mol. The first-order valence-corrected chi connectivity index (χ1v) is 14.8. The number of aromatic nitrogens is 3. The summed E-state index contributed by atoms with van der Waals surface area (Å²) in [5.41, 5.74) is -8.75. The second-order valence-electron chi connectivity index (χ2n) is 10.7. The zero-order valence-corrected chi connectivity index (χ0v) is 25.4. The minimum atomic E-state index is -0.981. The highest BCUT2D eigenvalue weighted by molar-refractivity contribution is 6.35. The summed E-state index contributed by atoms with van der Waals surface area (Å²) in [5.74, 6) is 0. The Kier molecular flexibility index (Phi) is 2.81. The Bertz CT molecular complexity index is 4290. The van der Waals surface area contributed by atoms with Crippen LogP contribution in [-0.2, 0) is 0 Å². The molecule has 0 spiro atoms. The third kappa shape index (κ3) is 3.64. The van der Waals surface area contributed by atoms with E-state index in [1.807, 2.05) is 12.1 Å².